The Bertz CT molecular complexity index is 465. The lowest BCUT2D eigenvalue weighted by molar-refractivity contribution is 0.112. The van der Waals surface area contributed by atoms with Crippen molar-refractivity contribution in [3.8, 4) is 0 Å². The van der Waals surface area contributed by atoms with Crippen LogP contribution in [0.25, 0.3) is 0 Å². The number of aromatic nitrogens is 2. The average Bonchev–Trinajstić information content (AvgIpc) is 2.65. The lowest BCUT2D eigenvalue weighted by atomic mass is 9.65. The standard InChI is InChI=1S/C16H28BrN3/c1-5-13-15(17)14(20(4)19-13)10-12(18)11-8-6-7-9-16(11,2)3/h11-12H,5-10,18H2,1-4H3. The summed E-state index contributed by atoms with van der Waals surface area (Å²) in [7, 11) is 2.03. The number of hydrogen-bond donors (Lipinski definition) is 1. The van der Waals surface area contributed by atoms with Gasteiger partial charge in [0.15, 0.2) is 0 Å². The molecule has 0 saturated heterocycles. The molecule has 1 aliphatic carbocycles. The van der Waals surface area contributed by atoms with E-state index >= 15 is 0 Å². The lowest BCUT2D eigenvalue weighted by Crippen LogP contribution is -2.43. The van der Waals surface area contributed by atoms with Crippen molar-refractivity contribution in [1.29, 1.82) is 0 Å². The van der Waals surface area contributed by atoms with E-state index < -0.39 is 0 Å². The summed E-state index contributed by atoms with van der Waals surface area (Å²) in [6.07, 6.45) is 7.12. The van der Waals surface area contributed by atoms with E-state index in [1.54, 1.807) is 0 Å². The molecule has 1 aliphatic rings. The molecule has 2 unspecified atom stereocenters. The molecule has 2 N–H and O–H groups in total. The second-order valence-corrected chi connectivity index (χ2v) is 7.69. The maximum absolute atomic E-state index is 6.58. The molecule has 0 amide bonds. The van der Waals surface area contributed by atoms with Crippen LogP contribution in [0.2, 0.25) is 0 Å². The van der Waals surface area contributed by atoms with Crippen LogP contribution in [0.5, 0.6) is 0 Å². The summed E-state index contributed by atoms with van der Waals surface area (Å²) in [4.78, 5) is 0. The van der Waals surface area contributed by atoms with Gasteiger partial charge in [0.2, 0.25) is 0 Å². The minimum Gasteiger partial charge on any atom is -0.327 e. The zero-order valence-corrected chi connectivity index (χ0v) is 14.8. The van der Waals surface area contributed by atoms with Gasteiger partial charge in [-0.25, -0.2) is 0 Å². The fraction of sp³-hybridized carbons (Fsp3) is 0.812. The smallest absolute Gasteiger partial charge is 0.0766 e. The third kappa shape index (κ3) is 3.11. The topological polar surface area (TPSA) is 43.8 Å². The van der Waals surface area contributed by atoms with E-state index in [0.717, 1.165) is 23.0 Å². The molecule has 0 aliphatic heterocycles. The minimum absolute atomic E-state index is 0.224. The van der Waals surface area contributed by atoms with Gasteiger partial charge in [-0.05, 0) is 46.5 Å². The summed E-state index contributed by atoms with van der Waals surface area (Å²) in [5, 5.41) is 4.58. The van der Waals surface area contributed by atoms with Crippen LogP contribution in [-0.4, -0.2) is 15.8 Å². The lowest BCUT2D eigenvalue weighted by Gasteiger charge is -2.42. The Morgan fingerprint density at radius 2 is 2.15 bits per heavy atom. The highest BCUT2D eigenvalue weighted by Crippen LogP contribution is 2.42. The number of rotatable bonds is 4. The van der Waals surface area contributed by atoms with E-state index in [2.05, 4.69) is 41.8 Å². The number of nitrogens with zero attached hydrogens (tertiary/aromatic N) is 2. The van der Waals surface area contributed by atoms with Gasteiger partial charge >= 0.3 is 0 Å². The summed E-state index contributed by atoms with van der Waals surface area (Å²) in [6, 6.07) is 0.224. The fourth-order valence-corrected chi connectivity index (χ4v) is 4.50. The first-order valence-corrected chi connectivity index (χ1v) is 8.62. The molecule has 1 aromatic rings. The maximum Gasteiger partial charge on any atom is 0.0766 e. The molecule has 0 radical (unpaired) electrons. The quantitative estimate of drug-likeness (QED) is 0.904. The Morgan fingerprint density at radius 1 is 1.45 bits per heavy atom. The molecular weight excluding hydrogens is 314 g/mol. The highest BCUT2D eigenvalue weighted by atomic mass is 79.9. The summed E-state index contributed by atoms with van der Waals surface area (Å²) in [5.41, 5.74) is 9.34. The molecule has 3 nitrogen and oxygen atoms in total. The normalized spacial score (nSPS) is 23.8. The second-order valence-electron chi connectivity index (χ2n) is 6.89. The van der Waals surface area contributed by atoms with E-state index in [0.29, 0.717) is 11.3 Å². The van der Waals surface area contributed by atoms with Crippen LogP contribution >= 0.6 is 15.9 Å². The van der Waals surface area contributed by atoms with Crippen molar-refractivity contribution in [3.05, 3.63) is 15.9 Å². The predicted molar refractivity (Wildman–Crippen MR) is 87.7 cm³/mol. The number of halogens is 1. The second kappa shape index (κ2) is 6.18. The molecule has 0 spiro atoms. The van der Waals surface area contributed by atoms with Crippen LogP contribution in [0.3, 0.4) is 0 Å². The van der Waals surface area contributed by atoms with Gasteiger partial charge in [0.25, 0.3) is 0 Å². The molecule has 0 bridgehead atoms. The van der Waals surface area contributed by atoms with Gasteiger partial charge in [-0.3, -0.25) is 4.68 Å². The predicted octanol–water partition coefficient (Wildman–Crippen LogP) is 3.83. The molecule has 2 atom stereocenters. The molecule has 1 saturated carbocycles. The van der Waals surface area contributed by atoms with Crippen LogP contribution < -0.4 is 5.73 Å². The zero-order valence-electron chi connectivity index (χ0n) is 13.2. The van der Waals surface area contributed by atoms with Crippen molar-refractivity contribution < 1.29 is 0 Å². The first-order chi connectivity index (χ1) is 9.36. The summed E-state index contributed by atoms with van der Waals surface area (Å²) in [6.45, 7) is 6.90. The molecule has 1 aromatic heterocycles. The molecule has 2 rings (SSSR count). The van der Waals surface area contributed by atoms with Crippen LogP contribution in [0.4, 0.5) is 0 Å². The number of aryl methyl sites for hydroxylation is 2. The highest BCUT2D eigenvalue weighted by molar-refractivity contribution is 9.10. The van der Waals surface area contributed by atoms with Crippen LogP contribution in [0.1, 0.15) is 57.8 Å². The molecule has 4 heteroatoms. The van der Waals surface area contributed by atoms with Crippen LogP contribution in [0.15, 0.2) is 4.47 Å². The van der Waals surface area contributed by atoms with Gasteiger partial charge in [0.05, 0.1) is 15.9 Å². The van der Waals surface area contributed by atoms with Gasteiger partial charge in [0.1, 0.15) is 0 Å². The Kier molecular flexibility index (Phi) is 4.96. The number of hydrogen-bond acceptors (Lipinski definition) is 2. The Labute approximate surface area is 131 Å². The van der Waals surface area contributed by atoms with Gasteiger partial charge in [-0.2, -0.15) is 5.10 Å². The van der Waals surface area contributed by atoms with E-state index in [-0.39, 0.29) is 6.04 Å². The molecule has 20 heavy (non-hydrogen) atoms. The van der Waals surface area contributed by atoms with Crippen LogP contribution in [-0.2, 0) is 19.9 Å². The molecule has 0 aromatic carbocycles. The van der Waals surface area contributed by atoms with E-state index in [1.807, 2.05) is 11.7 Å². The minimum atomic E-state index is 0.224. The fourth-order valence-electron chi connectivity index (χ4n) is 3.72. The summed E-state index contributed by atoms with van der Waals surface area (Å²) >= 11 is 3.70. The van der Waals surface area contributed by atoms with E-state index in [4.69, 9.17) is 5.73 Å². The van der Waals surface area contributed by atoms with Gasteiger partial charge in [-0.1, -0.05) is 33.6 Å². The average molecular weight is 342 g/mol. The van der Waals surface area contributed by atoms with Crippen molar-refractivity contribution in [3.63, 3.8) is 0 Å². The van der Waals surface area contributed by atoms with Crippen LogP contribution in [0, 0.1) is 11.3 Å². The maximum atomic E-state index is 6.58. The van der Waals surface area contributed by atoms with Crippen molar-refractivity contribution >= 4 is 15.9 Å². The Balaban J connectivity index is 2.15. The Hall–Kier alpha value is -0.350. The van der Waals surface area contributed by atoms with Crippen molar-refractivity contribution in [1.82, 2.24) is 9.78 Å². The first-order valence-electron chi connectivity index (χ1n) is 7.82. The molecule has 1 fully saturated rings. The largest absolute Gasteiger partial charge is 0.327 e. The zero-order chi connectivity index (χ0) is 14.9. The van der Waals surface area contributed by atoms with Crippen molar-refractivity contribution in [2.24, 2.45) is 24.1 Å². The molecular formula is C16H28BrN3. The Morgan fingerprint density at radius 3 is 2.70 bits per heavy atom. The summed E-state index contributed by atoms with van der Waals surface area (Å²) in [5.74, 6) is 0.614. The van der Waals surface area contributed by atoms with Gasteiger partial charge in [0, 0.05) is 19.5 Å². The van der Waals surface area contributed by atoms with Crippen molar-refractivity contribution in [2.75, 3.05) is 0 Å². The third-order valence-corrected chi connectivity index (χ3v) is 5.95. The molecule has 1 heterocycles. The number of nitrogens with two attached hydrogens (primary N) is 1. The van der Waals surface area contributed by atoms with Gasteiger partial charge < -0.3 is 5.73 Å². The summed E-state index contributed by atoms with van der Waals surface area (Å²) < 4.78 is 3.16. The molecule has 114 valence electrons. The first kappa shape index (κ1) is 16.0. The third-order valence-electron chi connectivity index (χ3n) is 5.04. The van der Waals surface area contributed by atoms with E-state index in [9.17, 15) is 0 Å². The SMILES string of the molecule is CCc1nn(C)c(CC(N)C2CCCCC2(C)C)c1Br. The van der Waals surface area contributed by atoms with Crippen molar-refractivity contribution in [2.45, 2.75) is 65.3 Å². The highest BCUT2D eigenvalue weighted by Gasteiger charge is 2.36. The van der Waals surface area contributed by atoms with Gasteiger partial charge in [-0.15, -0.1) is 0 Å². The monoisotopic (exact) mass is 341 g/mol. The van der Waals surface area contributed by atoms with E-state index in [1.165, 1.54) is 31.4 Å².